The second kappa shape index (κ2) is 6.15. The number of halogens is 1. The fourth-order valence-corrected chi connectivity index (χ4v) is 3.16. The molecule has 0 unspecified atom stereocenters. The van der Waals surface area contributed by atoms with Crippen LogP contribution in [-0.4, -0.2) is 20.4 Å². The molecule has 4 rings (SSSR count). The van der Waals surface area contributed by atoms with E-state index in [1.807, 2.05) is 29.9 Å². The second-order valence-corrected chi connectivity index (χ2v) is 6.30. The Hall–Kier alpha value is -3.41. The second-order valence-electron chi connectivity index (χ2n) is 6.30. The minimum Gasteiger partial charge on any atom is -0.366 e. The lowest BCUT2D eigenvalue weighted by molar-refractivity contribution is 0.100. The van der Waals surface area contributed by atoms with Crippen molar-refractivity contribution in [2.75, 3.05) is 0 Å². The summed E-state index contributed by atoms with van der Waals surface area (Å²) in [5.74, 6) is -0.0749. The van der Waals surface area contributed by atoms with Crippen LogP contribution in [0.4, 0.5) is 4.39 Å². The van der Waals surface area contributed by atoms with Gasteiger partial charge >= 0.3 is 0 Å². The normalized spacial score (nSPS) is 11.2. The molecule has 0 atom stereocenters. The van der Waals surface area contributed by atoms with Crippen molar-refractivity contribution >= 4 is 16.9 Å². The van der Waals surface area contributed by atoms with Gasteiger partial charge in [0.25, 0.3) is 5.91 Å². The van der Waals surface area contributed by atoms with E-state index in [0.29, 0.717) is 23.3 Å². The molecule has 26 heavy (non-hydrogen) atoms. The van der Waals surface area contributed by atoms with Crippen molar-refractivity contribution in [2.45, 2.75) is 6.42 Å². The number of H-pyrrole nitrogens is 1. The number of fused-ring (bicyclic) bond motifs is 1. The van der Waals surface area contributed by atoms with Crippen molar-refractivity contribution < 1.29 is 9.18 Å². The largest absolute Gasteiger partial charge is 0.366 e. The third-order valence-corrected chi connectivity index (χ3v) is 4.40. The highest BCUT2D eigenvalue weighted by Gasteiger charge is 2.14. The molecular weight excluding hydrogens is 331 g/mol. The van der Waals surface area contributed by atoms with Gasteiger partial charge in [-0.2, -0.15) is 0 Å². The summed E-state index contributed by atoms with van der Waals surface area (Å²) in [6.07, 6.45) is 2.71. The highest BCUT2D eigenvalue weighted by molar-refractivity contribution is 6.04. The first-order chi connectivity index (χ1) is 12.5. The fraction of sp³-hybridized carbons (Fsp3) is 0.100. The SMILES string of the molecule is Cn1cc(Cc2ccc(F)cc2)cc1-c1nc2c(C(N)=O)cccc2[nH]1. The molecule has 2 heterocycles. The molecule has 4 aromatic rings. The van der Waals surface area contributed by atoms with Crippen LogP contribution in [0, 0.1) is 5.82 Å². The monoisotopic (exact) mass is 348 g/mol. The van der Waals surface area contributed by atoms with Gasteiger partial charge in [0, 0.05) is 13.2 Å². The van der Waals surface area contributed by atoms with Crippen LogP contribution >= 0.6 is 0 Å². The number of aromatic amines is 1. The van der Waals surface area contributed by atoms with Gasteiger partial charge in [0.05, 0.1) is 16.8 Å². The first-order valence-corrected chi connectivity index (χ1v) is 8.20. The number of primary amides is 1. The zero-order valence-electron chi connectivity index (χ0n) is 14.2. The lowest BCUT2D eigenvalue weighted by atomic mass is 10.1. The average molecular weight is 348 g/mol. The number of imidazole rings is 1. The van der Waals surface area contributed by atoms with Crippen LogP contribution in [0.15, 0.2) is 54.7 Å². The summed E-state index contributed by atoms with van der Waals surface area (Å²) in [7, 11) is 1.94. The summed E-state index contributed by atoms with van der Waals surface area (Å²) in [6, 6.07) is 13.8. The quantitative estimate of drug-likeness (QED) is 0.593. The van der Waals surface area contributed by atoms with Crippen LogP contribution in [0.3, 0.4) is 0 Å². The van der Waals surface area contributed by atoms with Gasteiger partial charge < -0.3 is 15.3 Å². The van der Waals surface area contributed by atoms with Crippen LogP contribution in [-0.2, 0) is 13.5 Å². The van der Waals surface area contributed by atoms with Crippen molar-refractivity contribution in [1.82, 2.24) is 14.5 Å². The molecule has 0 fully saturated rings. The van der Waals surface area contributed by atoms with Gasteiger partial charge in [0.15, 0.2) is 5.82 Å². The van der Waals surface area contributed by atoms with E-state index >= 15 is 0 Å². The Morgan fingerprint density at radius 3 is 2.69 bits per heavy atom. The van der Waals surface area contributed by atoms with E-state index in [9.17, 15) is 9.18 Å². The minimum atomic E-state index is -0.502. The van der Waals surface area contributed by atoms with E-state index in [-0.39, 0.29) is 5.82 Å². The number of aromatic nitrogens is 3. The molecule has 0 aliphatic heterocycles. The van der Waals surface area contributed by atoms with Gasteiger partial charge in [-0.3, -0.25) is 4.79 Å². The van der Waals surface area contributed by atoms with Crippen molar-refractivity contribution in [3.63, 3.8) is 0 Å². The summed E-state index contributed by atoms with van der Waals surface area (Å²) in [6.45, 7) is 0. The number of hydrogen-bond donors (Lipinski definition) is 2. The Labute approximate surface area is 149 Å². The van der Waals surface area contributed by atoms with Crippen LogP contribution in [0.25, 0.3) is 22.6 Å². The molecule has 0 radical (unpaired) electrons. The number of nitrogens with one attached hydrogen (secondary N) is 1. The Morgan fingerprint density at radius 1 is 1.19 bits per heavy atom. The van der Waals surface area contributed by atoms with Crippen molar-refractivity contribution in [3.05, 3.63) is 77.2 Å². The van der Waals surface area contributed by atoms with Crippen molar-refractivity contribution in [2.24, 2.45) is 12.8 Å². The maximum absolute atomic E-state index is 13.1. The average Bonchev–Trinajstić information content (AvgIpc) is 3.19. The molecule has 2 aromatic heterocycles. The zero-order valence-corrected chi connectivity index (χ0v) is 14.2. The molecule has 0 bridgehead atoms. The topological polar surface area (TPSA) is 76.7 Å². The van der Waals surface area contributed by atoms with E-state index < -0.39 is 5.91 Å². The molecule has 6 heteroatoms. The summed E-state index contributed by atoms with van der Waals surface area (Å²) >= 11 is 0. The number of amides is 1. The Kier molecular flexibility index (Phi) is 3.80. The predicted molar refractivity (Wildman–Crippen MR) is 98.2 cm³/mol. The Bertz CT molecular complexity index is 1110. The third-order valence-electron chi connectivity index (χ3n) is 4.40. The van der Waals surface area contributed by atoms with Gasteiger partial charge in [-0.05, 0) is 47.9 Å². The van der Waals surface area contributed by atoms with Gasteiger partial charge in [0.2, 0.25) is 0 Å². The van der Waals surface area contributed by atoms with Gasteiger partial charge in [-0.1, -0.05) is 18.2 Å². The van der Waals surface area contributed by atoms with Crippen LogP contribution in [0.2, 0.25) is 0 Å². The molecular formula is C20H17FN4O. The molecule has 0 spiro atoms. The number of benzene rings is 2. The summed E-state index contributed by atoms with van der Waals surface area (Å²) < 4.78 is 15.0. The van der Waals surface area contributed by atoms with Crippen molar-refractivity contribution in [3.8, 4) is 11.5 Å². The van der Waals surface area contributed by atoms with Gasteiger partial charge in [-0.15, -0.1) is 0 Å². The molecule has 3 N–H and O–H groups in total. The van der Waals surface area contributed by atoms with Crippen LogP contribution in [0.1, 0.15) is 21.5 Å². The van der Waals surface area contributed by atoms with Crippen molar-refractivity contribution in [1.29, 1.82) is 0 Å². The molecule has 0 aliphatic carbocycles. The Morgan fingerprint density at radius 2 is 1.96 bits per heavy atom. The molecule has 1 amide bonds. The van der Waals surface area contributed by atoms with Gasteiger partial charge in [-0.25, -0.2) is 9.37 Å². The highest BCUT2D eigenvalue weighted by atomic mass is 19.1. The number of carbonyl (C=O) groups is 1. The number of nitrogens with two attached hydrogens (primary N) is 1. The van der Waals surface area contributed by atoms with E-state index in [1.54, 1.807) is 24.3 Å². The van der Waals surface area contributed by atoms with Gasteiger partial charge in [0.1, 0.15) is 11.3 Å². The standard InChI is InChI=1S/C20H17FN4O/c1-25-11-13(9-12-5-7-14(21)8-6-12)10-17(25)20-23-16-4-2-3-15(19(22)26)18(16)24-20/h2-8,10-11H,9H2,1H3,(H2,22,26)(H,23,24). The number of hydrogen-bond acceptors (Lipinski definition) is 2. The summed E-state index contributed by atoms with van der Waals surface area (Å²) in [4.78, 5) is 19.4. The zero-order chi connectivity index (χ0) is 18.3. The van der Waals surface area contributed by atoms with E-state index in [4.69, 9.17) is 5.73 Å². The Balaban J connectivity index is 1.71. The summed E-state index contributed by atoms with van der Waals surface area (Å²) in [5.41, 5.74) is 10.2. The first-order valence-electron chi connectivity index (χ1n) is 8.20. The molecule has 130 valence electrons. The third kappa shape index (κ3) is 2.86. The predicted octanol–water partition coefficient (Wildman–Crippen LogP) is 3.40. The highest BCUT2D eigenvalue weighted by Crippen LogP contribution is 2.25. The number of rotatable bonds is 4. The summed E-state index contributed by atoms with van der Waals surface area (Å²) in [5, 5.41) is 0. The minimum absolute atomic E-state index is 0.241. The van der Waals surface area contributed by atoms with Crippen LogP contribution in [0.5, 0.6) is 0 Å². The number of nitrogens with zero attached hydrogens (tertiary/aromatic N) is 2. The van der Waals surface area contributed by atoms with E-state index in [2.05, 4.69) is 9.97 Å². The molecule has 0 aliphatic rings. The molecule has 0 saturated carbocycles. The first kappa shape index (κ1) is 16.1. The molecule has 2 aromatic carbocycles. The number of carbonyl (C=O) groups excluding carboxylic acids is 1. The fourth-order valence-electron chi connectivity index (χ4n) is 3.16. The molecule has 0 saturated heterocycles. The van der Waals surface area contributed by atoms with Crippen LogP contribution < -0.4 is 5.73 Å². The maximum atomic E-state index is 13.1. The molecule has 5 nitrogen and oxygen atoms in total. The maximum Gasteiger partial charge on any atom is 0.250 e. The van der Waals surface area contributed by atoms with E-state index in [0.717, 1.165) is 22.3 Å². The lowest BCUT2D eigenvalue weighted by Gasteiger charge is -1.98. The lowest BCUT2D eigenvalue weighted by Crippen LogP contribution is -2.11. The number of aryl methyl sites for hydroxylation is 1. The smallest absolute Gasteiger partial charge is 0.250 e. The number of para-hydroxylation sites is 1. The van der Waals surface area contributed by atoms with E-state index in [1.165, 1.54) is 12.1 Å².